The Bertz CT molecular complexity index is 817. The fourth-order valence-electron chi connectivity index (χ4n) is 2.45. The van der Waals surface area contributed by atoms with Crippen LogP contribution >= 0.6 is 0 Å². The van der Waals surface area contributed by atoms with Gasteiger partial charge in [0.05, 0.1) is 0 Å². The zero-order valence-corrected chi connectivity index (χ0v) is 13.1. The third kappa shape index (κ3) is 3.08. The maximum atomic E-state index is 12.4. The number of anilines is 1. The van der Waals surface area contributed by atoms with Crippen LogP contribution in [0.25, 0.3) is 5.82 Å². The summed E-state index contributed by atoms with van der Waals surface area (Å²) in [5.41, 5.74) is 4.25. The Morgan fingerprint density at radius 3 is 2.39 bits per heavy atom. The lowest BCUT2D eigenvalue weighted by Gasteiger charge is -2.12. The summed E-state index contributed by atoms with van der Waals surface area (Å²) in [5.74, 6) is 0.208. The average molecular weight is 308 g/mol. The summed E-state index contributed by atoms with van der Waals surface area (Å²) in [6.45, 7) is 5.96. The molecule has 116 valence electrons. The second-order valence-electron chi connectivity index (χ2n) is 5.34. The summed E-state index contributed by atoms with van der Waals surface area (Å²) in [6.07, 6.45) is 2.92. The normalized spacial score (nSPS) is 10.6. The van der Waals surface area contributed by atoms with Crippen molar-refractivity contribution in [2.45, 2.75) is 20.8 Å². The molecule has 0 bridgehead atoms. The van der Waals surface area contributed by atoms with Crippen molar-refractivity contribution in [3.63, 3.8) is 0 Å². The predicted molar refractivity (Wildman–Crippen MR) is 85.6 cm³/mol. The van der Waals surface area contributed by atoms with Crippen LogP contribution in [0.1, 0.15) is 27.2 Å². The first-order valence-electron chi connectivity index (χ1n) is 7.12. The van der Waals surface area contributed by atoms with Crippen LogP contribution in [0.5, 0.6) is 0 Å². The van der Waals surface area contributed by atoms with Gasteiger partial charge in [0.1, 0.15) is 12.7 Å². The molecule has 0 fully saturated rings. The van der Waals surface area contributed by atoms with Crippen molar-refractivity contribution in [1.29, 1.82) is 0 Å². The molecule has 0 saturated carbocycles. The van der Waals surface area contributed by atoms with Gasteiger partial charge in [0.15, 0.2) is 11.5 Å². The van der Waals surface area contributed by atoms with E-state index in [1.165, 1.54) is 17.3 Å². The number of carbonyl (C=O) groups is 1. The van der Waals surface area contributed by atoms with Crippen LogP contribution in [-0.4, -0.2) is 30.9 Å². The van der Waals surface area contributed by atoms with E-state index in [0.717, 1.165) is 22.4 Å². The van der Waals surface area contributed by atoms with Crippen molar-refractivity contribution >= 4 is 11.6 Å². The summed E-state index contributed by atoms with van der Waals surface area (Å²) >= 11 is 0. The Morgan fingerprint density at radius 2 is 1.83 bits per heavy atom. The Hall–Kier alpha value is -3.09. The van der Waals surface area contributed by atoms with E-state index in [1.54, 1.807) is 12.1 Å². The lowest BCUT2D eigenvalue weighted by atomic mass is 10.1. The largest absolute Gasteiger partial charge is 0.320 e. The molecule has 0 spiro atoms. The first-order valence-corrected chi connectivity index (χ1v) is 7.12. The summed E-state index contributed by atoms with van der Waals surface area (Å²) in [7, 11) is 0. The van der Waals surface area contributed by atoms with Crippen LogP contribution in [0.2, 0.25) is 0 Å². The molecule has 7 heteroatoms. The molecule has 0 aliphatic heterocycles. The number of rotatable bonds is 3. The van der Waals surface area contributed by atoms with Crippen LogP contribution in [0.3, 0.4) is 0 Å². The van der Waals surface area contributed by atoms with Crippen molar-refractivity contribution in [2.75, 3.05) is 5.32 Å². The van der Waals surface area contributed by atoms with Gasteiger partial charge in [-0.25, -0.2) is 9.67 Å². The molecule has 7 nitrogen and oxygen atoms in total. The van der Waals surface area contributed by atoms with Crippen molar-refractivity contribution in [3.8, 4) is 5.82 Å². The molecule has 0 unspecified atom stereocenters. The average Bonchev–Trinajstić information content (AvgIpc) is 3.05. The van der Waals surface area contributed by atoms with Crippen molar-refractivity contribution in [1.82, 2.24) is 25.0 Å². The Kier molecular flexibility index (Phi) is 3.84. The summed E-state index contributed by atoms with van der Waals surface area (Å²) in [5, 5.41) is 14.8. The minimum absolute atomic E-state index is 0.244. The van der Waals surface area contributed by atoms with Crippen molar-refractivity contribution in [3.05, 3.63) is 59.3 Å². The molecular formula is C16H16N6O. The number of benzene rings is 1. The highest BCUT2D eigenvalue weighted by molar-refractivity contribution is 6.03. The SMILES string of the molecule is Cc1cc(C)c(NC(=O)c2ccc(-n3cncn3)nn2)c(C)c1. The van der Waals surface area contributed by atoms with Gasteiger partial charge in [-0.3, -0.25) is 4.79 Å². The molecule has 3 rings (SSSR count). The molecule has 0 aliphatic carbocycles. The van der Waals surface area contributed by atoms with Gasteiger partial charge in [0.2, 0.25) is 0 Å². The van der Waals surface area contributed by atoms with E-state index >= 15 is 0 Å². The molecule has 2 aromatic heterocycles. The Labute approximate surface area is 133 Å². The number of hydrogen-bond donors (Lipinski definition) is 1. The minimum Gasteiger partial charge on any atom is -0.320 e. The molecule has 2 heterocycles. The maximum Gasteiger partial charge on any atom is 0.276 e. The quantitative estimate of drug-likeness (QED) is 0.802. The monoisotopic (exact) mass is 308 g/mol. The smallest absolute Gasteiger partial charge is 0.276 e. The fraction of sp³-hybridized carbons (Fsp3) is 0.188. The van der Waals surface area contributed by atoms with Crippen LogP contribution in [0, 0.1) is 20.8 Å². The van der Waals surface area contributed by atoms with E-state index in [1.807, 2.05) is 32.9 Å². The van der Waals surface area contributed by atoms with E-state index in [2.05, 4.69) is 25.6 Å². The van der Waals surface area contributed by atoms with E-state index < -0.39 is 0 Å². The lowest BCUT2D eigenvalue weighted by molar-refractivity contribution is 0.102. The molecule has 3 aromatic rings. The van der Waals surface area contributed by atoms with Crippen LogP contribution in [0.15, 0.2) is 36.9 Å². The molecule has 0 radical (unpaired) electrons. The molecule has 0 atom stereocenters. The van der Waals surface area contributed by atoms with Crippen LogP contribution in [0.4, 0.5) is 5.69 Å². The maximum absolute atomic E-state index is 12.4. The third-order valence-electron chi connectivity index (χ3n) is 3.45. The number of hydrogen-bond acceptors (Lipinski definition) is 5. The number of aryl methyl sites for hydroxylation is 3. The first-order chi connectivity index (χ1) is 11.0. The van der Waals surface area contributed by atoms with Gasteiger partial charge in [-0.15, -0.1) is 10.2 Å². The minimum atomic E-state index is -0.294. The van der Waals surface area contributed by atoms with Gasteiger partial charge in [-0.05, 0) is 44.0 Å². The van der Waals surface area contributed by atoms with Crippen LogP contribution in [-0.2, 0) is 0 Å². The van der Waals surface area contributed by atoms with E-state index in [-0.39, 0.29) is 11.6 Å². The van der Waals surface area contributed by atoms with Gasteiger partial charge < -0.3 is 5.32 Å². The zero-order chi connectivity index (χ0) is 16.4. The van der Waals surface area contributed by atoms with Gasteiger partial charge in [0, 0.05) is 5.69 Å². The molecule has 0 aliphatic rings. The topological polar surface area (TPSA) is 85.6 Å². The van der Waals surface area contributed by atoms with E-state index in [4.69, 9.17) is 0 Å². The summed E-state index contributed by atoms with van der Waals surface area (Å²) in [6, 6.07) is 7.34. The number of amides is 1. The molecule has 1 aromatic carbocycles. The highest BCUT2D eigenvalue weighted by Gasteiger charge is 2.12. The first kappa shape index (κ1) is 14.8. The molecule has 1 N–H and O–H groups in total. The van der Waals surface area contributed by atoms with Gasteiger partial charge >= 0.3 is 0 Å². The summed E-state index contributed by atoms with van der Waals surface area (Å²) < 4.78 is 1.48. The van der Waals surface area contributed by atoms with Gasteiger partial charge in [-0.1, -0.05) is 17.7 Å². The van der Waals surface area contributed by atoms with Crippen LogP contribution < -0.4 is 5.32 Å². The Morgan fingerprint density at radius 1 is 1.09 bits per heavy atom. The van der Waals surface area contributed by atoms with Gasteiger partial charge in [0.25, 0.3) is 5.91 Å². The predicted octanol–water partition coefficient (Wildman–Crippen LogP) is 2.23. The number of nitrogens with one attached hydrogen (secondary N) is 1. The number of nitrogens with zero attached hydrogens (tertiary/aromatic N) is 5. The Balaban J connectivity index is 1.81. The highest BCUT2D eigenvalue weighted by atomic mass is 16.1. The summed E-state index contributed by atoms with van der Waals surface area (Å²) in [4.78, 5) is 16.2. The van der Waals surface area contributed by atoms with Crippen molar-refractivity contribution < 1.29 is 4.79 Å². The second-order valence-corrected chi connectivity index (χ2v) is 5.34. The van der Waals surface area contributed by atoms with E-state index in [9.17, 15) is 4.79 Å². The zero-order valence-electron chi connectivity index (χ0n) is 13.1. The van der Waals surface area contributed by atoms with Gasteiger partial charge in [-0.2, -0.15) is 5.10 Å². The highest BCUT2D eigenvalue weighted by Crippen LogP contribution is 2.22. The lowest BCUT2D eigenvalue weighted by Crippen LogP contribution is -2.16. The number of carbonyl (C=O) groups excluding carboxylic acids is 1. The van der Waals surface area contributed by atoms with Crippen molar-refractivity contribution in [2.24, 2.45) is 0 Å². The molecular weight excluding hydrogens is 292 g/mol. The number of aromatic nitrogens is 5. The van der Waals surface area contributed by atoms with E-state index in [0.29, 0.717) is 5.82 Å². The molecule has 23 heavy (non-hydrogen) atoms. The third-order valence-corrected chi connectivity index (χ3v) is 3.45. The standard InChI is InChI=1S/C16H16N6O/c1-10-6-11(2)15(12(3)7-10)19-16(23)13-4-5-14(21-20-13)22-9-17-8-18-22/h4-9H,1-3H3,(H,19,23). The molecule has 0 saturated heterocycles. The fourth-order valence-corrected chi connectivity index (χ4v) is 2.45. The molecule has 1 amide bonds. The second kappa shape index (κ2) is 5.96.